The minimum absolute atomic E-state index is 0.0166. The second-order valence-corrected chi connectivity index (χ2v) is 7.37. The molecule has 0 spiro atoms. The Morgan fingerprint density at radius 3 is 1.65 bits per heavy atom. The van der Waals surface area contributed by atoms with E-state index < -0.39 is 23.2 Å². The van der Waals surface area contributed by atoms with E-state index in [1.165, 1.54) is 0 Å². The van der Waals surface area contributed by atoms with Gasteiger partial charge in [-0.3, -0.25) is 9.59 Å². The molecule has 0 aromatic heterocycles. The number of halogens is 2. The Bertz CT molecular complexity index is 828. The summed E-state index contributed by atoms with van der Waals surface area (Å²) < 4.78 is 0. The lowest BCUT2D eigenvalue weighted by atomic mass is 9.56. The lowest BCUT2D eigenvalue weighted by Crippen LogP contribution is -2.49. The van der Waals surface area contributed by atoms with Gasteiger partial charge in [-0.1, -0.05) is 47.5 Å². The maximum atomic E-state index is 12.6. The molecule has 26 heavy (non-hydrogen) atoms. The minimum Gasteiger partial charge on any atom is -0.368 e. The van der Waals surface area contributed by atoms with Crippen molar-refractivity contribution in [1.82, 2.24) is 0 Å². The van der Waals surface area contributed by atoms with Crippen LogP contribution in [0.3, 0.4) is 0 Å². The summed E-state index contributed by atoms with van der Waals surface area (Å²) in [5, 5.41) is 11.1. The Labute approximate surface area is 161 Å². The summed E-state index contributed by atoms with van der Waals surface area (Å²) in [6.45, 7) is 0. The summed E-state index contributed by atoms with van der Waals surface area (Å²) in [7, 11) is 0. The van der Waals surface area contributed by atoms with E-state index in [2.05, 4.69) is 6.07 Å². The molecule has 0 aliphatic heterocycles. The third-order valence-electron chi connectivity index (χ3n) is 5.10. The van der Waals surface area contributed by atoms with Gasteiger partial charge in [0.1, 0.15) is 11.2 Å². The number of hydrogen-bond donors (Lipinski definition) is 1. The highest BCUT2D eigenvalue weighted by Gasteiger charge is 2.56. The fourth-order valence-electron chi connectivity index (χ4n) is 3.81. The van der Waals surface area contributed by atoms with Crippen molar-refractivity contribution in [1.29, 1.82) is 5.26 Å². The highest BCUT2D eigenvalue weighted by Crippen LogP contribution is 2.53. The monoisotopic (exact) mass is 386 g/mol. The molecule has 0 bridgehead atoms. The fraction of sp³-hybridized carbons (Fsp3) is 0.250. The lowest BCUT2D eigenvalue weighted by molar-refractivity contribution is -0.132. The first-order chi connectivity index (χ1) is 12.4. The van der Waals surface area contributed by atoms with Gasteiger partial charge in [0, 0.05) is 34.7 Å². The largest absolute Gasteiger partial charge is 0.368 e. The number of Topliss-reactive ketones (excluding diaryl/α,β-unsaturated/α-hetero) is 1. The van der Waals surface area contributed by atoms with Crippen LogP contribution in [0.15, 0.2) is 48.5 Å². The third-order valence-corrected chi connectivity index (χ3v) is 5.60. The molecular weight excluding hydrogens is 371 g/mol. The van der Waals surface area contributed by atoms with E-state index in [-0.39, 0.29) is 18.6 Å². The number of nitriles is 1. The number of hydrogen-bond acceptors (Lipinski definition) is 3. The summed E-state index contributed by atoms with van der Waals surface area (Å²) in [4.78, 5) is 25.0. The van der Waals surface area contributed by atoms with Crippen LogP contribution >= 0.6 is 23.2 Å². The third kappa shape index (κ3) is 3.09. The molecule has 6 heteroatoms. The number of carbonyl (C=O) groups is 2. The van der Waals surface area contributed by atoms with E-state index >= 15 is 0 Å². The van der Waals surface area contributed by atoms with Crippen LogP contribution in [0, 0.1) is 16.7 Å². The van der Waals surface area contributed by atoms with Gasteiger partial charge in [-0.15, -0.1) is 0 Å². The van der Waals surface area contributed by atoms with Crippen LogP contribution in [-0.4, -0.2) is 11.7 Å². The molecule has 1 aliphatic carbocycles. The van der Waals surface area contributed by atoms with Crippen molar-refractivity contribution in [3.8, 4) is 6.07 Å². The molecule has 2 unspecified atom stereocenters. The SMILES string of the molecule is N#CC1(C(N)=O)C(c2ccc(Cl)cc2)CC(=O)CC1c1ccc(Cl)cc1. The van der Waals surface area contributed by atoms with Crippen LogP contribution < -0.4 is 5.73 Å². The van der Waals surface area contributed by atoms with Gasteiger partial charge in [-0.2, -0.15) is 5.26 Å². The molecule has 1 fully saturated rings. The lowest BCUT2D eigenvalue weighted by Gasteiger charge is -2.42. The minimum atomic E-state index is -1.53. The Balaban J connectivity index is 2.18. The molecule has 2 aromatic rings. The van der Waals surface area contributed by atoms with Gasteiger partial charge in [-0.05, 0) is 35.4 Å². The van der Waals surface area contributed by atoms with Gasteiger partial charge in [0.25, 0.3) is 0 Å². The summed E-state index contributed by atoms with van der Waals surface area (Å²) >= 11 is 11.9. The second-order valence-electron chi connectivity index (χ2n) is 6.50. The van der Waals surface area contributed by atoms with Crippen LogP contribution in [0.5, 0.6) is 0 Å². The Morgan fingerprint density at radius 1 is 0.962 bits per heavy atom. The molecule has 0 saturated heterocycles. The number of nitrogens with two attached hydrogens (primary N) is 1. The average Bonchev–Trinajstić information content (AvgIpc) is 2.62. The molecule has 1 aliphatic rings. The van der Waals surface area contributed by atoms with Crippen LogP contribution in [0.25, 0.3) is 0 Å². The quantitative estimate of drug-likeness (QED) is 0.856. The van der Waals surface area contributed by atoms with Gasteiger partial charge in [0.05, 0.1) is 6.07 Å². The predicted octanol–water partition coefficient (Wildman–Crippen LogP) is 4.22. The van der Waals surface area contributed by atoms with Crippen molar-refractivity contribution in [2.24, 2.45) is 11.1 Å². The molecule has 132 valence electrons. The summed E-state index contributed by atoms with van der Waals surface area (Å²) in [5.74, 6) is -2.02. The van der Waals surface area contributed by atoms with Gasteiger partial charge >= 0.3 is 0 Å². The number of nitrogens with zero attached hydrogens (tertiary/aromatic N) is 1. The maximum Gasteiger partial charge on any atom is 0.239 e. The number of amides is 1. The molecule has 1 saturated carbocycles. The van der Waals surface area contributed by atoms with E-state index in [4.69, 9.17) is 28.9 Å². The molecular formula is C20H16Cl2N2O2. The molecule has 3 rings (SSSR count). The molecule has 2 aromatic carbocycles. The van der Waals surface area contributed by atoms with Crippen molar-refractivity contribution < 1.29 is 9.59 Å². The molecule has 0 heterocycles. The van der Waals surface area contributed by atoms with Crippen molar-refractivity contribution in [3.63, 3.8) is 0 Å². The zero-order valence-corrected chi connectivity index (χ0v) is 15.3. The Morgan fingerprint density at radius 2 is 1.35 bits per heavy atom. The summed E-state index contributed by atoms with van der Waals surface area (Å²) in [6.07, 6.45) is 0.171. The molecule has 0 radical (unpaired) electrons. The van der Waals surface area contributed by atoms with Crippen molar-refractivity contribution >= 4 is 34.9 Å². The molecule has 4 nitrogen and oxygen atoms in total. The smallest absolute Gasteiger partial charge is 0.239 e. The van der Waals surface area contributed by atoms with Crippen LogP contribution in [0.4, 0.5) is 0 Å². The predicted molar refractivity (Wildman–Crippen MR) is 99.9 cm³/mol. The average molecular weight is 387 g/mol. The highest BCUT2D eigenvalue weighted by atomic mass is 35.5. The van der Waals surface area contributed by atoms with Gasteiger partial charge in [-0.25, -0.2) is 0 Å². The molecule has 1 amide bonds. The van der Waals surface area contributed by atoms with Gasteiger partial charge in [0.15, 0.2) is 0 Å². The van der Waals surface area contributed by atoms with Crippen molar-refractivity contribution in [3.05, 3.63) is 69.7 Å². The van der Waals surface area contributed by atoms with Gasteiger partial charge in [0.2, 0.25) is 5.91 Å². The van der Waals surface area contributed by atoms with Crippen molar-refractivity contribution in [2.75, 3.05) is 0 Å². The number of rotatable bonds is 3. The normalized spacial score (nSPS) is 25.5. The van der Waals surface area contributed by atoms with E-state index in [9.17, 15) is 14.9 Å². The van der Waals surface area contributed by atoms with Crippen molar-refractivity contribution in [2.45, 2.75) is 24.7 Å². The topological polar surface area (TPSA) is 83.9 Å². The van der Waals surface area contributed by atoms with E-state index in [1.807, 2.05) is 0 Å². The second kappa shape index (κ2) is 7.11. The zero-order chi connectivity index (χ0) is 18.9. The van der Waals surface area contributed by atoms with E-state index in [0.29, 0.717) is 21.2 Å². The van der Waals surface area contributed by atoms with Crippen LogP contribution in [-0.2, 0) is 9.59 Å². The molecule has 2 N–H and O–H groups in total. The van der Waals surface area contributed by atoms with E-state index in [0.717, 1.165) is 0 Å². The first-order valence-electron chi connectivity index (χ1n) is 8.12. The fourth-order valence-corrected chi connectivity index (χ4v) is 4.06. The summed E-state index contributed by atoms with van der Waals surface area (Å²) in [6, 6.07) is 15.8. The maximum absolute atomic E-state index is 12.6. The summed E-state index contributed by atoms with van der Waals surface area (Å²) in [5.41, 5.74) is 5.61. The zero-order valence-electron chi connectivity index (χ0n) is 13.8. The van der Waals surface area contributed by atoms with Gasteiger partial charge < -0.3 is 5.73 Å². The molecule has 2 atom stereocenters. The standard InChI is InChI=1S/C20H16Cl2N2O2/c21-14-5-1-12(2-6-14)17-9-16(25)10-18(20(17,11-23)19(24)26)13-3-7-15(22)8-4-13/h1-8,17-18H,9-10H2,(H2,24,26). The number of ketones is 1. The Kier molecular flexibility index (Phi) is 5.04. The van der Waals surface area contributed by atoms with Crippen LogP contribution in [0.1, 0.15) is 35.8 Å². The first kappa shape index (κ1) is 18.4. The first-order valence-corrected chi connectivity index (χ1v) is 8.88. The van der Waals surface area contributed by atoms with Crippen LogP contribution in [0.2, 0.25) is 10.0 Å². The Hall–Kier alpha value is -2.35. The number of primary amides is 1. The number of carbonyl (C=O) groups excluding carboxylic acids is 2. The van der Waals surface area contributed by atoms with E-state index in [1.54, 1.807) is 48.5 Å². The number of benzene rings is 2. The highest BCUT2D eigenvalue weighted by molar-refractivity contribution is 6.30.